The van der Waals surface area contributed by atoms with Crippen molar-refractivity contribution in [3.63, 3.8) is 0 Å². The van der Waals surface area contributed by atoms with Crippen LogP contribution in [0.15, 0.2) is 30.6 Å². The van der Waals surface area contributed by atoms with E-state index in [1.165, 1.54) is 0 Å². The van der Waals surface area contributed by atoms with Gasteiger partial charge in [0.2, 0.25) is 0 Å². The normalized spacial score (nSPS) is 10.4. The van der Waals surface area contributed by atoms with E-state index in [1.807, 2.05) is 36.1 Å². The highest BCUT2D eigenvalue weighted by molar-refractivity contribution is 5.88. The first-order valence-corrected chi connectivity index (χ1v) is 4.37. The maximum absolute atomic E-state index is 9.84. The Morgan fingerprint density at radius 1 is 1.29 bits per heavy atom. The number of aromatic nitrogens is 1. The smallest absolute Gasteiger partial charge is 0.180 e. The lowest BCUT2D eigenvalue weighted by Crippen LogP contribution is -2.25. The van der Waals surface area contributed by atoms with Gasteiger partial charge in [0.05, 0.1) is 12.5 Å². The number of phenols is 1. The third-order valence-electron chi connectivity index (χ3n) is 2.26. The molecule has 1 aromatic carbocycles. The van der Waals surface area contributed by atoms with Crippen LogP contribution in [0.5, 0.6) is 11.5 Å². The minimum Gasteiger partial charge on any atom is -0.504 e. The number of aryl methyl sites for hydroxylation is 1. The minimum absolute atomic E-state index is 0.196. The third kappa shape index (κ3) is 1.27. The van der Waals surface area contributed by atoms with E-state index in [1.54, 1.807) is 13.2 Å². The molecule has 2 aromatic rings. The zero-order valence-corrected chi connectivity index (χ0v) is 8.19. The first-order valence-electron chi connectivity index (χ1n) is 4.37. The van der Waals surface area contributed by atoms with E-state index < -0.39 is 0 Å². The lowest BCUT2D eigenvalue weighted by molar-refractivity contribution is -0.670. The van der Waals surface area contributed by atoms with Crippen LogP contribution >= 0.6 is 0 Å². The lowest BCUT2D eigenvalue weighted by atomic mass is 10.1. The Kier molecular flexibility index (Phi) is 2.00. The van der Waals surface area contributed by atoms with Gasteiger partial charge in [0, 0.05) is 6.07 Å². The molecule has 1 N–H and O–H groups in total. The SMILES string of the molecule is COc1ccc2cc[n+](C)cc2c1O. The van der Waals surface area contributed by atoms with E-state index in [0.29, 0.717) is 5.75 Å². The van der Waals surface area contributed by atoms with Gasteiger partial charge in [-0.25, -0.2) is 4.57 Å². The molecule has 0 unspecified atom stereocenters. The zero-order valence-electron chi connectivity index (χ0n) is 8.19. The van der Waals surface area contributed by atoms with Gasteiger partial charge in [0.25, 0.3) is 0 Å². The number of benzene rings is 1. The molecular formula is C11H12NO2+. The zero-order chi connectivity index (χ0) is 10.1. The van der Waals surface area contributed by atoms with Gasteiger partial charge in [-0.15, -0.1) is 0 Å². The second-order valence-electron chi connectivity index (χ2n) is 3.23. The van der Waals surface area contributed by atoms with Gasteiger partial charge in [-0.2, -0.15) is 0 Å². The molecule has 0 saturated carbocycles. The molecular weight excluding hydrogens is 178 g/mol. The summed E-state index contributed by atoms with van der Waals surface area (Å²) in [6.45, 7) is 0. The standard InChI is InChI=1S/C11H11NO2/c1-12-6-5-8-3-4-10(14-2)11(13)9(8)7-12/h3-7H,1-2H3/p+1. The van der Waals surface area contributed by atoms with Crippen LogP contribution < -0.4 is 9.30 Å². The van der Waals surface area contributed by atoms with Crippen LogP contribution in [0.2, 0.25) is 0 Å². The highest BCUT2D eigenvalue weighted by Gasteiger charge is 2.08. The summed E-state index contributed by atoms with van der Waals surface area (Å²) in [5.41, 5.74) is 0. The molecule has 3 heteroatoms. The topological polar surface area (TPSA) is 33.3 Å². The summed E-state index contributed by atoms with van der Waals surface area (Å²) in [5.74, 6) is 0.699. The van der Waals surface area contributed by atoms with Crippen molar-refractivity contribution >= 4 is 10.8 Å². The number of hydrogen-bond donors (Lipinski definition) is 1. The molecule has 0 spiro atoms. The minimum atomic E-state index is 0.196. The second kappa shape index (κ2) is 3.18. The fourth-order valence-electron chi connectivity index (χ4n) is 1.49. The Hall–Kier alpha value is -1.77. The lowest BCUT2D eigenvalue weighted by Gasteiger charge is -2.04. The number of methoxy groups -OCH3 is 1. The first-order chi connectivity index (χ1) is 6.72. The van der Waals surface area contributed by atoms with Crippen molar-refractivity contribution < 1.29 is 14.4 Å². The van der Waals surface area contributed by atoms with Gasteiger partial charge in [-0.3, -0.25) is 0 Å². The molecule has 72 valence electrons. The van der Waals surface area contributed by atoms with Crippen LogP contribution in [0.3, 0.4) is 0 Å². The Labute approximate surface area is 82.2 Å². The molecule has 0 radical (unpaired) electrons. The maximum Gasteiger partial charge on any atom is 0.180 e. The molecule has 0 fully saturated rings. The van der Waals surface area contributed by atoms with Gasteiger partial charge >= 0.3 is 0 Å². The predicted molar refractivity (Wildman–Crippen MR) is 53.3 cm³/mol. The van der Waals surface area contributed by atoms with Crippen LogP contribution in [-0.4, -0.2) is 12.2 Å². The summed E-state index contributed by atoms with van der Waals surface area (Å²) in [7, 11) is 3.46. The summed E-state index contributed by atoms with van der Waals surface area (Å²) < 4.78 is 6.92. The number of aromatic hydroxyl groups is 1. The molecule has 1 heterocycles. The molecule has 0 atom stereocenters. The van der Waals surface area contributed by atoms with E-state index in [9.17, 15) is 5.11 Å². The molecule has 0 aliphatic carbocycles. The number of fused-ring (bicyclic) bond motifs is 1. The maximum atomic E-state index is 9.84. The fraction of sp³-hybridized carbons (Fsp3) is 0.182. The molecule has 0 aliphatic rings. The van der Waals surface area contributed by atoms with Crippen molar-refractivity contribution in [3.8, 4) is 11.5 Å². The van der Waals surface area contributed by atoms with Crippen molar-refractivity contribution in [2.45, 2.75) is 0 Å². The van der Waals surface area contributed by atoms with Crippen LogP contribution in [0, 0.1) is 0 Å². The molecule has 14 heavy (non-hydrogen) atoms. The number of hydrogen-bond acceptors (Lipinski definition) is 2. The average molecular weight is 190 g/mol. The Bertz CT molecular complexity index is 480. The van der Waals surface area contributed by atoms with E-state index in [-0.39, 0.29) is 5.75 Å². The van der Waals surface area contributed by atoms with E-state index in [0.717, 1.165) is 10.8 Å². The largest absolute Gasteiger partial charge is 0.504 e. The van der Waals surface area contributed by atoms with E-state index in [2.05, 4.69) is 0 Å². The van der Waals surface area contributed by atoms with Crippen molar-refractivity contribution in [3.05, 3.63) is 30.6 Å². The Morgan fingerprint density at radius 2 is 2.07 bits per heavy atom. The number of pyridine rings is 1. The van der Waals surface area contributed by atoms with Gasteiger partial charge in [-0.1, -0.05) is 0 Å². The molecule has 1 aromatic heterocycles. The molecule has 0 aliphatic heterocycles. The van der Waals surface area contributed by atoms with Crippen LogP contribution in [0.4, 0.5) is 0 Å². The van der Waals surface area contributed by atoms with E-state index in [4.69, 9.17) is 4.74 Å². The number of ether oxygens (including phenoxy) is 1. The van der Waals surface area contributed by atoms with Crippen molar-refractivity contribution in [2.75, 3.05) is 7.11 Å². The highest BCUT2D eigenvalue weighted by Crippen LogP contribution is 2.32. The van der Waals surface area contributed by atoms with Crippen molar-refractivity contribution in [1.82, 2.24) is 0 Å². The summed E-state index contributed by atoms with van der Waals surface area (Å²) in [6, 6.07) is 5.64. The van der Waals surface area contributed by atoms with Crippen molar-refractivity contribution in [1.29, 1.82) is 0 Å². The molecule has 3 nitrogen and oxygen atoms in total. The van der Waals surface area contributed by atoms with Crippen LogP contribution in [0.1, 0.15) is 0 Å². The Balaban J connectivity index is 2.79. The van der Waals surface area contributed by atoms with E-state index >= 15 is 0 Å². The third-order valence-corrected chi connectivity index (χ3v) is 2.26. The average Bonchev–Trinajstić information content (AvgIpc) is 2.20. The molecule has 0 bridgehead atoms. The predicted octanol–water partition coefficient (Wildman–Crippen LogP) is 1.38. The number of rotatable bonds is 1. The molecule has 2 rings (SSSR count). The molecule has 0 saturated heterocycles. The van der Waals surface area contributed by atoms with Gasteiger partial charge < -0.3 is 9.84 Å². The van der Waals surface area contributed by atoms with Gasteiger partial charge in [0.15, 0.2) is 23.9 Å². The summed E-state index contributed by atoms with van der Waals surface area (Å²) >= 11 is 0. The molecule has 0 amide bonds. The summed E-state index contributed by atoms with van der Waals surface area (Å²) in [6.07, 6.45) is 3.81. The monoisotopic (exact) mass is 190 g/mol. The van der Waals surface area contributed by atoms with Crippen LogP contribution in [0.25, 0.3) is 10.8 Å². The number of nitrogens with zero attached hydrogens (tertiary/aromatic N) is 1. The fourth-order valence-corrected chi connectivity index (χ4v) is 1.49. The summed E-state index contributed by atoms with van der Waals surface area (Å²) in [4.78, 5) is 0. The van der Waals surface area contributed by atoms with Crippen molar-refractivity contribution in [2.24, 2.45) is 7.05 Å². The highest BCUT2D eigenvalue weighted by atomic mass is 16.5. The Morgan fingerprint density at radius 3 is 2.79 bits per heavy atom. The first kappa shape index (κ1) is 8.81. The quantitative estimate of drug-likeness (QED) is 0.689. The second-order valence-corrected chi connectivity index (χ2v) is 3.23. The van der Waals surface area contributed by atoms with Gasteiger partial charge in [0.1, 0.15) is 7.05 Å². The summed E-state index contributed by atoms with van der Waals surface area (Å²) in [5, 5.41) is 11.6. The van der Waals surface area contributed by atoms with Gasteiger partial charge in [-0.05, 0) is 17.5 Å². The van der Waals surface area contributed by atoms with Crippen LogP contribution in [-0.2, 0) is 7.05 Å². The number of phenolic OH excluding ortho intramolecular Hbond substituents is 1.